The van der Waals surface area contributed by atoms with E-state index in [4.69, 9.17) is 9.47 Å². The largest absolute Gasteiger partial charge is 0.469 e. The first-order chi connectivity index (χ1) is 46.8. The second kappa shape index (κ2) is 42.8. The summed E-state index contributed by atoms with van der Waals surface area (Å²) in [5.74, 6) is -4.97. The summed E-state index contributed by atoms with van der Waals surface area (Å²) in [5, 5.41) is 26.1. The zero-order valence-electron chi connectivity index (χ0n) is 61.0. The molecule has 34 heteroatoms. The molecule has 14 amide bonds. The molecule has 0 aromatic carbocycles. The van der Waals surface area contributed by atoms with Crippen LogP contribution >= 0.6 is 0 Å². The molecule has 2 aliphatic rings. The number of quaternary nitrogens is 1. The number of hydrogen-bond acceptors (Lipinski definition) is 18. The number of nitrogens with one attached hydrogen (secondary N) is 12. The molecule has 2 saturated heterocycles. The van der Waals surface area contributed by atoms with Crippen LogP contribution in [-0.2, 0) is 41.7 Å². The second-order valence-corrected chi connectivity index (χ2v) is 28.2. The molecule has 0 spiro atoms. The van der Waals surface area contributed by atoms with Crippen LogP contribution in [0.15, 0.2) is 37.4 Å². The van der Waals surface area contributed by atoms with Crippen LogP contribution < -0.4 is 63.8 Å². The van der Waals surface area contributed by atoms with E-state index in [0.717, 1.165) is 51.9 Å². The lowest BCUT2D eigenvalue weighted by Crippen LogP contribution is -3.29. The molecule has 0 radical (unpaired) electrons. The molecular formula is C65H119N22O12+. The standard InChI is InChI=1S/C65H118N22O12/c1-62(2,3)98-59(95)71-51-27-44-85(45-28-51)61(97)87(77-54(90)26-17-13-22-38-79(7)8)86(58(94)70-34-21-15-19-32-65(81(11)12,74-55(91)48-84-47-37-67-50-84)75-56(92)68-35-25-39-80(9)10)78-57(93)69-33-20-14-18-31-64(76-60(96)99-63(4,5)6,73-53(89)30-43-83-46-36-66-49-83)72-52(88)29-42-82-40-23-16-24-41-82/h36-37,46-47,49-51H,13-35,38-45,48H2,1-12H3,(H,70,94)(H,71,95)(H,72,88)(H,73,89)(H,74,91)(H,76,96)(H,77,90)(H2,68,75,92)(H2,69,78,93)/p+1/t64?,65-/m0/s1. The van der Waals surface area contributed by atoms with E-state index >= 15 is 0 Å². The number of carbonyl (C=O) groups excluding carboxylic acids is 10. The first-order valence-electron chi connectivity index (χ1n) is 35.0. The number of carbonyl (C=O) groups is 10. The predicted octanol–water partition coefficient (Wildman–Crippen LogP) is 2.45. The van der Waals surface area contributed by atoms with E-state index in [2.05, 4.69) is 73.6 Å². The molecule has 2 aromatic rings. The summed E-state index contributed by atoms with van der Waals surface area (Å²) in [4.78, 5) is 156. The number of likely N-dealkylation sites (tertiary alicyclic amines) is 2. The Morgan fingerprint density at radius 2 is 1.09 bits per heavy atom. The van der Waals surface area contributed by atoms with Gasteiger partial charge in [0.25, 0.3) is 5.91 Å². The summed E-state index contributed by atoms with van der Waals surface area (Å²) in [6.45, 7) is 14.9. The Balaban J connectivity index is 1.57. The summed E-state index contributed by atoms with van der Waals surface area (Å²) in [6, 6.07) is -3.49. The fourth-order valence-electron chi connectivity index (χ4n) is 11.0. The van der Waals surface area contributed by atoms with Crippen molar-refractivity contribution in [1.82, 2.24) is 107 Å². The number of aromatic nitrogens is 4. The number of aryl methyl sites for hydroxylation is 1. The van der Waals surface area contributed by atoms with Crippen LogP contribution in [0.3, 0.4) is 0 Å². The number of amides is 14. The highest BCUT2D eigenvalue weighted by Gasteiger charge is 2.42. The van der Waals surface area contributed by atoms with Crippen molar-refractivity contribution in [2.24, 2.45) is 0 Å². The van der Waals surface area contributed by atoms with Crippen molar-refractivity contribution >= 4 is 59.9 Å². The van der Waals surface area contributed by atoms with Gasteiger partial charge in [-0.25, -0.2) is 38.7 Å². The third-order valence-corrected chi connectivity index (χ3v) is 16.2. The maximum atomic E-state index is 14.9. The van der Waals surface area contributed by atoms with Gasteiger partial charge in [0.15, 0.2) is 11.6 Å². The van der Waals surface area contributed by atoms with Gasteiger partial charge in [0.2, 0.25) is 17.7 Å². The molecule has 2 aliphatic heterocycles. The number of hydrogen-bond donors (Lipinski definition) is 12. The van der Waals surface area contributed by atoms with E-state index in [1.807, 2.05) is 38.0 Å². The zero-order valence-corrected chi connectivity index (χ0v) is 61.0. The lowest BCUT2D eigenvalue weighted by Gasteiger charge is -2.41. The summed E-state index contributed by atoms with van der Waals surface area (Å²) < 4.78 is 14.5. The van der Waals surface area contributed by atoms with Gasteiger partial charge in [0.1, 0.15) is 17.7 Å². The highest BCUT2D eigenvalue weighted by molar-refractivity contribution is 5.83. The molecule has 99 heavy (non-hydrogen) atoms. The Morgan fingerprint density at radius 3 is 1.69 bits per heavy atom. The van der Waals surface area contributed by atoms with Gasteiger partial charge >= 0.3 is 36.3 Å². The Kier molecular flexibility index (Phi) is 36.0. The average molecular weight is 1400 g/mol. The van der Waals surface area contributed by atoms with Crippen LogP contribution in [0.1, 0.15) is 170 Å². The number of unbranched alkanes of at least 4 members (excludes halogenated alkanes) is 6. The lowest BCUT2D eigenvalue weighted by molar-refractivity contribution is -0.970. The van der Waals surface area contributed by atoms with Gasteiger partial charge in [-0.1, -0.05) is 25.7 Å². The van der Waals surface area contributed by atoms with Crippen molar-refractivity contribution in [1.29, 1.82) is 0 Å². The molecule has 0 aliphatic carbocycles. The topological polar surface area (TPSA) is 381 Å². The van der Waals surface area contributed by atoms with Crippen LogP contribution in [0.4, 0.5) is 28.8 Å². The van der Waals surface area contributed by atoms with Crippen molar-refractivity contribution in [2.45, 2.75) is 212 Å². The molecular weight excluding hydrogens is 1280 g/mol. The van der Waals surface area contributed by atoms with E-state index in [9.17, 15) is 47.9 Å². The fourth-order valence-corrected chi connectivity index (χ4v) is 11.0. The lowest BCUT2D eigenvalue weighted by atomic mass is 10.1. The van der Waals surface area contributed by atoms with Crippen LogP contribution in [0.2, 0.25) is 0 Å². The minimum absolute atomic E-state index is 0.00829. The molecule has 2 unspecified atom stereocenters. The van der Waals surface area contributed by atoms with Crippen LogP contribution in [0.5, 0.6) is 0 Å². The average Bonchev–Trinajstić information content (AvgIpc) is 1.39. The van der Waals surface area contributed by atoms with Crippen LogP contribution in [-0.4, -0.2) is 245 Å². The third-order valence-electron chi connectivity index (χ3n) is 16.2. The van der Waals surface area contributed by atoms with E-state index in [-0.39, 0.29) is 83.3 Å². The third kappa shape index (κ3) is 34.5. The van der Waals surface area contributed by atoms with Crippen LogP contribution in [0.25, 0.3) is 0 Å². The Bertz CT molecular complexity index is 2780. The molecule has 2 fully saturated rings. The Hall–Kier alpha value is -8.08. The van der Waals surface area contributed by atoms with Gasteiger partial charge in [-0.05, 0) is 191 Å². The fraction of sp³-hybridized carbons (Fsp3) is 0.754. The Labute approximate surface area is 584 Å². The summed E-state index contributed by atoms with van der Waals surface area (Å²) >= 11 is 0. The highest BCUT2D eigenvalue weighted by atomic mass is 16.6. The zero-order chi connectivity index (χ0) is 73.0. The number of urea groups is 4. The molecule has 12 N–H and O–H groups in total. The maximum absolute atomic E-state index is 14.9. The van der Waals surface area contributed by atoms with Crippen molar-refractivity contribution in [3.05, 3.63) is 37.4 Å². The number of imidazole rings is 2. The first-order valence-corrected chi connectivity index (χ1v) is 35.0. The smallest absolute Gasteiger partial charge is 0.444 e. The van der Waals surface area contributed by atoms with Crippen molar-refractivity contribution in [3.63, 3.8) is 0 Å². The molecule has 4 heterocycles. The normalized spacial score (nSPS) is 15.3. The molecule has 4 rings (SSSR count). The minimum Gasteiger partial charge on any atom is -0.444 e. The van der Waals surface area contributed by atoms with Crippen molar-refractivity contribution in [2.75, 3.05) is 108 Å². The van der Waals surface area contributed by atoms with Gasteiger partial charge in [-0.3, -0.25) is 34.3 Å². The number of nitrogens with zero attached hydrogens (tertiary/aromatic N) is 10. The van der Waals surface area contributed by atoms with Gasteiger partial charge in [0.05, 0.1) is 12.7 Å². The van der Waals surface area contributed by atoms with Gasteiger partial charge < -0.3 is 75.8 Å². The summed E-state index contributed by atoms with van der Waals surface area (Å²) in [7, 11) is 11.3. The van der Waals surface area contributed by atoms with Crippen molar-refractivity contribution in [3.8, 4) is 0 Å². The van der Waals surface area contributed by atoms with Gasteiger partial charge in [-0.2, -0.15) is 10.9 Å². The highest BCUT2D eigenvalue weighted by Crippen LogP contribution is 2.19. The van der Waals surface area contributed by atoms with Crippen molar-refractivity contribution < 1.29 is 62.5 Å². The predicted molar refractivity (Wildman–Crippen MR) is 371 cm³/mol. The second-order valence-electron chi connectivity index (χ2n) is 28.2. The number of rotatable bonds is 37. The summed E-state index contributed by atoms with van der Waals surface area (Å²) in [6.07, 6.45) is 17.1. The van der Waals surface area contributed by atoms with E-state index < -0.39 is 81.9 Å². The molecule has 560 valence electrons. The molecule has 3 atom stereocenters. The molecule has 0 saturated carbocycles. The van der Waals surface area contributed by atoms with E-state index in [1.165, 1.54) is 11.2 Å². The quantitative estimate of drug-likeness (QED) is 0.0263. The summed E-state index contributed by atoms with van der Waals surface area (Å²) in [5.41, 5.74) is 3.54. The molecule has 2 aromatic heterocycles. The molecule has 0 bridgehead atoms. The van der Waals surface area contributed by atoms with Crippen LogP contribution in [0, 0.1) is 0 Å². The Morgan fingerprint density at radius 1 is 0.535 bits per heavy atom. The van der Waals surface area contributed by atoms with E-state index in [0.29, 0.717) is 88.8 Å². The first kappa shape index (κ1) is 83.3. The minimum atomic E-state index is -1.79. The van der Waals surface area contributed by atoms with Gasteiger partial charge in [0, 0.05) is 109 Å². The number of piperidine rings is 2. The SMILES string of the molecule is CN(C)CCCCCC(=O)N[NH+](C(=O)N1CCC(NC(=O)OC(C)(C)C)CC1)N(NC(=O)NCCCCCC(NC(=O)CCN1CCCCC1)(NC(=O)CCn1ccnc1)NC(=O)OC(C)(C)C)C(=O)NCCCCC[C@](NC(=O)Cn1ccnc1)(NC(=O)NCCCN(C)C)N(C)C. The monoisotopic (exact) mass is 1400 g/mol. The number of ether oxygens (including phenoxy) is 2. The van der Waals surface area contributed by atoms with Gasteiger partial charge in [-0.15, -0.1) is 0 Å². The maximum Gasteiger partial charge on any atom is 0.469 e. The molecule has 34 nitrogen and oxygen atoms in total. The number of alkyl carbamates (subject to hydrolysis) is 2. The van der Waals surface area contributed by atoms with E-state index in [1.54, 1.807) is 101 Å². The number of hydrazine groups is 1.